The Hall–Kier alpha value is -1.41. The highest BCUT2D eigenvalue weighted by Gasteiger charge is 2.48. The van der Waals surface area contributed by atoms with Gasteiger partial charge in [-0.3, -0.25) is 9.59 Å². The molecule has 0 saturated heterocycles. The molecule has 0 N–H and O–H groups in total. The number of carbonyl (C=O) groups is 3. The number of rotatable bonds is 7. The van der Waals surface area contributed by atoms with Gasteiger partial charge in [0.15, 0.2) is 13.9 Å². The lowest BCUT2D eigenvalue weighted by Gasteiger charge is -2.35. The molecule has 0 aromatic heterocycles. The van der Waals surface area contributed by atoms with Crippen LogP contribution < -0.4 is 0 Å². The summed E-state index contributed by atoms with van der Waals surface area (Å²) in [6.07, 6.45) is -0.814. The Bertz CT molecular complexity index is 354. The predicted octanol–water partition coefficient (Wildman–Crippen LogP) is 0.876. The molecule has 0 aliphatic heterocycles. The third kappa shape index (κ3) is 5.70. The molecule has 7 nitrogen and oxygen atoms in total. The van der Waals surface area contributed by atoms with Gasteiger partial charge in [-0.1, -0.05) is 0 Å². The molecule has 0 saturated carbocycles. The van der Waals surface area contributed by atoms with Crippen LogP contribution in [0.1, 0.15) is 12.8 Å². The molecule has 0 aliphatic rings. The molecular weight excluding hydrogens is 284 g/mol. The molecule has 0 atom stereocenters. The quantitative estimate of drug-likeness (QED) is 0.392. The van der Waals surface area contributed by atoms with E-state index in [1.165, 1.54) is 21.3 Å². The summed E-state index contributed by atoms with van der Waals surface area (Å²) in [6.45, 7) is 5.50. The van der Waals surface area contributed by atoms with Crippen LogP contribution in [0.25, 0.3) is 0 Å². The lowest BCUT2D eigenvalue weighted by molar-refractivity contribution is -0.172. The standard InChI is InChI=1S/C12H22O7Si/c1-16-9(13)7-12(11(15)18-3,8-10(14)17-2)19-20(4,5)6/h7-8H2,1-6H3. The summed E-state index contributed by atoms with van der Waals surface area (Å²) in [5.74, 6) is -2.13. The fourth-order valence-corrected chi connectivity index (χ4v) is 3.10. The van der Waals surface area contributed by atoms with Crippen molar-refractivity contribution in [2.24, 2.45) is 0 Å². The molecule has 0 amide bonds. The Kier molecular flexibility index (Phi) is 6.87. The van der Waals surface area contributed by atoms with E-state index in [1.807, 2.05) is 19.6 Å². The van der Waals surface area contributed by atoms with E-state index in [-0.39, 0.29) is 0 Å². The zero-order valence-corrected chi connectivity index (χ0v) is 13.8. The number of methoxy groups -OCH3 is 3. The maximum absolute atomic E-state index is 12.1. The van der Waals surface area contributed by atoms with Crippen molar-refractivity contribution >= 4 is 26.2 Å². The van der Waals surface area contributed by atoms with E-state index >= 15 is 0 Å². The van der Waals surface area contributed by atoms with Gasteiger partial charge in [0.05, 0.1) is 34.2 Å². The molecule has 0 aromatic carbocycles. The van der Waals surface area contributed by atoms with Crippen LogP contribution in [0, 0.1) is 0 Å². The molecule has 0 bridgehead atoms. The Morgan fingerprint density at radius 1 is 0.850 bits per heavy atom. The van der Waals surface area contributed by atoms with Gasteiger partial charge in [0, 0.05) is 0 Å². The van der Waals surface area contributed by atoms with Gasteiger partial charge >= 0.3 is 17.9 Å². The van der Waals surface area contributed by atoms with E-state index in [2.05, 4.69) is 9.47 Å². The van der Waals surface area contributed by atoms with Crippen LogP contribution in [0.15, 0.2) is 0 Å². The van der Waals surface area contributed by atoms with E-state index in [1.54, 1.807) is 0 Å². The van der Waals surface area contributed by atoms with Crippen LogP contribution in [-0.2, 0) is 33.0 Å². The molecule has 0 rings (SSSR count). The van der Waals surface area contributed by atoms with Gasteiger partial charge in [-0.25, -0.2) is 4.79 Å². The molecular formula is C12H22O7Si. The van der Waals surface area contributed by atoms with Gasteiger partial charge in [-0.2, -0.15) is 0 Å². The molecule has 116 valence electrons. The van der Waals surface area contributed by atoms with Crippen LogP contribution in [0.5, 0.6) is 0 Å². The Morgan fingerprint density at radius 3 is 1.50 bits per heavy atom. The van der Waals surface area contributed by atoms with Crippen molar-refractivity contribution in [2.75, 3.05) is 21.3 Å². The summed E-state index contributed by atoms with van der Waals surface area (Å²) in [6, 6.07) is 0. The lowest BCUT2D eigenvalue weighted by Crippen LogP contribution is -2.52. The summed E-state index contributed by atoms with van der Waals surface area (Å²) < 4.78 is 19.6. The van der Waals surface area contributed by atoms with Crippen molar-refractivity contribution < 1.29 is 33.0 Å². The number of ether oxygens (including phenoxy) is 3. The van der Waals surface area contributed by atoms with Crippen LogP contribution >= 0.6 is 0 Å². The average Bonchev–Trinajstić information content (AvgIpc) is 2.34. The van der Waals surface area contributed by atoms with Gasteiger partial charge in [-0.15, -0.1) is 0 Å². The summed E-state index contributed by atoms with van der Waals surface area (Å²) in [5.41, 5.74) is -1.71. The van der Waals surface area contributed by atoms with Crippen molar-refractivity contribution in [2.45, 2.75) is 38.1 Å². The Labute approximate surface area is 119 Å². The second-order valence-corrected chi connectivity index (χ2v) is 9.63. The first-order valence-corrected chi connectivity index (χ1v) is 9.43. The largest absolute Gasteiger partial charge is 0.469 e. The Balaban J connectivity index is 5.55. The first kappa shape index (κ1) is 18.6. The number of esters is 3. The van der Waals surface area contributed by atoms with Crippen LogP contribution in [-0.4, -0.2) is 53.2 Å². The topological polar surface area (TPSA) is 88.1 Å². The van der Waals surface area contributed by atoms with Gasteiger partial charge in [0.1, 0.15) is 0 Å². The van der Waals surface area contributed by atoms with E-state index in [0.717, 1.165) is 0 Å². The highest BCUT2D eigenvalue weighted by molar-refractivity contribution is 6.70. The molecule has 8 heteroatoms. The Morgan fingerprint density at radius 2 is 1.25 bits per heavy atom. The smallest absolute Gasteiger partial charge is 0.338 e. The zero-order valence-electron chi connectivity index (χ0n) is 12.8. The first-order valence-electron chi connectivity index (χ1n) is 6.02. The second-order valence-electron chi connectivity index (χ2n) is 5.21. The van der Waals surface area contributed by atoms with Crippen LogP contribution in [0.3, 0.4) is 0 Å². The summed E-state index contributed by atoms with van der Waals surface area (Å²) in [5, 5.41) is 0. The van der Waals surface area contributed by atoms with Gasteiger partial charge in [-0.05, 0) is 19.6 Å². The highest BCUT2D eigenvalue weighted by Crippen LogP contribution is 2.28. The molecule has 0 fully saturated rings. The maximum Gasteiger partial charge on any atom is 0.338 e. The summed E-state index contributed by atoms with van der Waals surface area (Å²) in [4.78, 5) is 35.2. The van der Waals surface area contributed by atoms with E-state index in [4.69, 9.17) is 9.16 Å². The summed E-state index contributed by atoms with van der Waals surface area (Å²) >= 11 is 0. The van der Waals surface area contributed by atoms with Crippen molar-refractivity contribution in [3.05, 3.63) is 0 Å². The lowest BCUT2D eigenvalue weighted by atomic mass is 9.95. The number of carbonyl (C=O) groups excluding carboxylic acids is 3. The van der Waals surface area contributed by atoms with Crippen LogP contribution in [0.2, 0.25) is 19.6 Å². The summed E-state index contributed by atoms with van der Waals surface area (Å²) in [7, 11) is 1.30. The van der Waals surface area contributed by atoms with Crippen molar-refractivity contribution in [1.82, 2.24) is 0 Å². The number of hydrogen-bond acceptors (Lipinski definition) is 7. The van der Waals surface area contributed by atoms with Crippen molar-refractivity contribution in [3.8, 4) is 0 Å². The molecule has 0 spiro atoms. The monoisotopic (exact) mass is 306 g/mol. The minimum Gasteiger partial charge on any atom is -0.469 e. The minimum atomic E-state index is -2.25. The van der Waals surface area contributed by atoms with Crippen LogP contribution in [0.4, 0.5) is 0 Å². The second kappa shape index (κ2) is 7.39. The molecule has 0 heterocycles. The van der Waals surface area contributed by atoms with Gasteiger partial charge in [0.25, 0.3) is 0 Å². The minimum absolute atomic E-state index is 0.407. The molecule has 0 radical (unpaired) electrons. The molecule has 0 unspecified atom stereocenters. The SMILES string of the molecule is COC(=O)CC(CC(=O)OC)(O[Si](C)(C)C)C(=O)OC. The highest BCUT2D eigenvalue weighted by atomic mass is 28.4. The first-order chi connectivity index (χ1) is 9.10. The molecule has 20 heavy (non-hydrogen) atoms. The normalized spacial score (nSPS) is 11.7. The fraction of sp³-hybridized carbons (Fsp3) is 0.750. The third-order valence-electron chi connectivity index (χ3n) is 2.37. The maximum atomic E-state index is 12.1. The van der Waals surface area contributed by atoms with E-state index in [0.29, 0.717) is 0 Å². The zero-order chi connectivity index (χ0) is 16.0. The average molecular weight is 306 g/mol. The van der Waals surface area contributed by atoms with Gasteiger partial charge < -0.3 is 18.6 Å². The van der Waals surface area contributed by atoms with E-state index < -0.39 is 44.7 Å². The molecule has 0 aromatic rings. The van der Waals surface area contributed by atoms with Gasteiger partial charge in [0.2, 0.25) is 0 Å². The predicted molar refractivity (Wildman–Crippen MR) is 72.4 cm³/mol. The fourth-order valence-electron chi connectivity index (χ4n) is 1.70. The number of hydrogen-bond donors (Lipinski definition) is 0. The van der Waals surface area contributed by atoms with Crippen molar-refractivity contribution in [1.29, 1.82) is 0 Å². The van der Waals surface area contributed by atoms with Crippen molar-refractivity contribution in [3.63, 3.8) is 0 Å². The van der Waals surface area contributed by atoms with E-state index in [9.17, 15) is 14.4 Å². The third-order valence-corrected chi connectivity index (χ3v) is 3.38. The molecule has 0 aliphatic carbocycles.